The lowest BCUT2D eigenvalue weighted by molar-refractivity contribution is -0.114. The molecular formula is C27H27N5O5S2. The molecule has 0 atom stereocenters. The summed E-state index contributed by atoms with van der Waals surface area (Å²) in [4.78, 5) is 20.9. The number of benzene rings is 3. The summed E-state index contributed by atoms with van der Waals surface area (Å²) in [7, 11) is -8.01. The third kappa shape index (κ3) is 6.78. The molecule has 0 saturated carbocycles. The molecule has 1 heterocycles. The molecule has 202 valence electrons. The second-order valence-electron chi connectivity index (χ2n) is 8.54. The number of amides is 1. The van der Waals surface area contributed by atoms with Gasteiger partial charge >= 0.3 is 0 Å². The van der Waals surface area contributed by atoms with Crippen LogP contribution >= 0.6 is 0 Å². The summed E-state index contributed by atoms with van der Waals surface area (Å²) in [5.41, 5.74) is 2.27. The van der Waals surface area contributed by atoms with Gasteiger partial charge < -0.3 is 5.32 Å². The molecule has 1 aromatic heterocycles. The Hall–Kier alpha value is -4.29. The van der Waals surface area contributed by atoms with Gasteiger partial charge in [-0.2, -0.15) is 0 Å². The molecule has 2 N–H and O–H groups in total. The van der Waals surface area contributed by atoms with Crippen LogP contribution in [0.15, 0.2) is 101 Å². The third-order valence-electron chi connectivity index (χ3n) is 5.72. The first kappa shape index (κ1) is 27.7. The van der Waals surface area contributed by atoms with E-state index in [1.54, 1.807) is 43.3 Å². The molecule has 0 aliphatic carbocycles. The number of anilines is 3. The second-order valence-corrected chi connectivity index (χ2v) is 12.1. The van der Waals surface area contributed by atoms with E-state index in [9.17, 15) is 21.6 Å². The first-order valence-electron chi connectivity index (χ1n) is 12.0. The fourth-order valence-electron chi connectivity index (χ4n) is 3.66. The minimum absolute atomic E-state index is 0.0528. The molecule has 0 fully saturated rings. The number of aryl methyl sites for hydroxylation is 2. The van der Waals surface area contributed by atoms with Crippen LogP contribution in [0.1, 0.15) is 18.2 Å². The first-order valence-corrected chi connectivity index (χ1v) is 14.9. The Morgan fingerprint density at radius 1 is 0.846 bits per heavy atom. The van der Waals surface area contributed by atoms with Crippen molar-refractivity contribution < 1.29 is 21.6 Å². The largest absolute Gasteiger partial charge is 0.325 e. The van der Waals surface area contributed by atoms with Crippen LogP contribution in [0, 0.1) is 6.92 Å². The van der Waals surface area contributed by atoms with Gasteiger partial charge in [-0.05, 0) is 73.5 Å². The number of carbonyl (C=O) groups excluding carboxylic acids is 1. The van der Waals surface area contributed by atoms with Crippen LogP contribution in [0.25, 0.3) is 0 Å². The molecule has 0 spiro atoms. The highest BCUT2D eigenvalue weighted by Crippen LogP contribution is 2.25. The van der Waals surface area contributed by atoms with Crippen molar-refractivity contribution in [1.82, 2.24) is 9.97 Å². The van der Waals surface area contributed by atoms with Crippen LogP contribution < -0.4 is 14.3 Å². The normalized spacial score (nSPS) is 11.5. The van der Waals surface area contributed by atoms with E-state index in [2.05, 4.69) is 20.0 Å². The summed E-state index contributed by atoms with van der Waals surface area (Å²) in [6.45, 7) is 3.21. The molecule has 4 aromatic rings. The maximum atomic E-state index is 13.5. The average molecular weight is 566 g/mol. The molecule has 0 aliphatic heterocycles. The van der Waals surface area contributed by atoms with Gasteiger partial charge in [-0.15, -0.1) is 0 Å². The van der Waals surface area contributed by atoms with Crippen molar-refractivity contribution in [2.24, 2.45) is 0 Å². The van der Waals surface area contributed by atoms with Crippen molar-refractivity contribution in [1.29, 1.82) is 0 Å². The molecule has 1 amide bonds. The summed E-state index contributed by atoms with van der Waals surface area (Å²) in [5.74, 6) is -0.657. The Morgan fingerprint density at radius 3 is 2.13 bits per heavy atom. The van der Waals surface area contributed by atoms with Gasteiger partial charge in [0, 0.05) is 17.6 Å². The fourth-order valence-corrected chi connectivity index (χ4v) is 6.05. The summed E-state index contributed by atoms with van der Waals surface area (Å²) in [6.07, 6.45) is 2.23. The quantitative estimate of drug-likeness (QED) is 0.297. The maximum absolute atomic E-state index is 13.5. The zero-order valence-corrected chi connectivity index (χ0v) is 22.9. The first-order chi connectivity index (χ1) is 18.6. The molecule has 12 heteroatoms. The Kier molecular flexibility index (Phi) is 8.27. The molecule has 0 saturated heterocycles. The van der Waals surface area contributed by atoms with Crippen molar-refractivity contribution in [3.63, 3.8) is 0 Å². The third-order valence-corrected chi connectivity index (χ3v) is 8.85. The molecule has 0 bridgehead atoms. The minimum atomic E-state index is -4.05. The SMILES string of the molecule is CCc1ccc(N(CC(=O)Nc2ccc(S(=O)(=O)Nc3nccc(C)n3)cc2)S(=O)(=O)c2ccccc2)cc1. The van der Waals surface area contributed by atoms with Gasteiger partial charge in [0.1, 0.15) is 6.54 Å². The number of nitrogens with zero attached hydrogens (tertiary/aromatic N) is 3. The van der Waals surface area contributed by atoms with Gasteiger partial charge in [-0.1, -0.05) is 37.3 Å². The Bertz CT molecular complexity index is 1660. The van der Waals surface area contributed by atoms with Crippen LogP contribution in [0.3, 0.4) is 0 Å². The van der Waals surface area contributed by atoms with Crippen LogP contribution in [-0.2, 0) is 31.3 Å². The van der Waals surface area contributed by atoms with Gasteiger partial charge in [0.15, 0.2) is 0 Å². The van der Waals surface area contributed by atoms with Crippen LogP contribution in [-0.4, -0.2) is 39.3 Å². The van der Waals surface area contributed by atoms with Crippen LogP contribution in [0.5, 0.6) is 0 Å². The molecule has 4 rings (SSSR count). The molecule has 0 radical (unpaired) electrons. The number of nitrogens with one attached hydrogen (secondary N) is 2. The summed E-state index contributed by atoms with van der Waals surface area (Å²) in [6, 6.07) is 21.9. The zero-order chi connectivity index (χ0) is 28.0. The lowest BCUT2D eigenvalue weighted by Crippen LogP contribution is -2.38. The maximum Gasteiger partial charge on any atom is 0.264 e. The smallest absolute Gasteiger partial charge is 0.264 e. The number of hydrogen-bond donors (Lipinski definition) is 2. The van der Waals surface area contributed by atoms with Gasteiger partial charge in [0.25, 0.3) is 20.0 Å². The van der Waals surface area contributed by atoms with Crippen LogP contribution in [0.4, 0.5) is 17.3 Å². The molecule has 0 unspecified atom stereocenters. The molecule has 10 nitrogen and oxygen atoms in total. The van der Waals surface area contributed by atoms with E-state index in [0.29, 0.717) is 17.1 Å². The number of sulfonamides is 2. The second kappa shape index (κ2) is 11.6. The minimum Gasteiger partial charge on any atom is -0.325 e. The van der Waals surface area contributed by atoms with Crippen molar-refractivity contribution in [2.75, 3.05) is 20.9 Å². The van der Waals surface area contributed by atoms with E-state index in [4.69, 9.17) is 0 Å². The Balaban J connectivity index is 1.52. The van der Waals surface area contributed by atoms with Crippen molar-refractivity contribution in [3.8, 4) is 0 Å². The highest BCUT2D eigenvalue weighted by molar-refractivity contribution is 7.93. The lowest BCUT2D eigenvalue weighted by atomic mass is 10.1. The highest BCUT2D eigenvalue weighted by Gasteiger charge is 2.27. The van der Waals surface area contributed by atoms with E-state index in [0.717, 1.165) is 16.3 Å². The molecular weight excluding hydrogens is 538 g/mol. The number of aromatic nitrogens is 2. The van der Waals surface area contributed by atoms with Crippen LogP contribution in [0.2, 0.25) is 0 Å². The van der Waals surface area contributed by atoms with Crippen molar-refractivity contribution >= 4 is 43.3 Å². The molecule has 0 aliphatic rings. The Labute approximate surface area is 227 Å². The van der Waals surface area contributed by atoms with E-state index >= 15 is 0 Å². The van der Waals surface area contributed by atoms with Gasteiger partial charge in [-0.25, -0.2) is 31.5 Å². The fraction of sp³-hybridized carbons (Fsp3) is 0.148. The zero-order valence-electron chi connectivity index (χ0n) is 21.3. The highest BCUT2D eigenvalue weighted by atomic mass is 32.2. The molecule has 39 heavy (non-hydrogen) atoms. The number of carbonyl (C=O) groups is 1. The predicted octanol–water partition coefficient (Wildman–Crippen LogP) is 3.98. The predicted molar refractivity (Wildman–Crippen MR) is 149 cm³/mol. The topological polar surface area (TPSA) is 138 Å². The monoisotopic (exact) mass is 565 g/mol. The van der Waals surface area contributed by atoms with Gasteiger partial charge in [0.05, 0.1) is 15.5 Å². The van der Waals surface area contributed by atoms with E-state index in [1.807, 2.05) is 19.1 Å². The van der Waals surface area contributed by atoms with E-state index in [-0.39, 0.29) is 15.7 Å². The van der Waals surface area contributed by atoms with Gasteiger partial charge in [0.2, 0.25) is 11.9 Å². The van der Waals surface area contributed by atoms with E-state index < -0.39 is 32.5 Å². The summed E-state index contributed by atoms with van der Waals surface area (Å²) < 4.78 is 55.7. The standard InChI is InChI=1S/C27H27N5O5S2/c1-3-21-9-13-23(14-10-21)32(39(36,37)25-7-5-4-6-8-25)19-26(33)30-22-11-15-24(16-12-22)38(34,35)31-27-28-18-17-20(2)29-27/h4-18H,3,19H2,1-2H3,(H,30,33)(H,28,29,31). The number of rotatable bonds is 10. The molecule has 3 aromatic carbocycles. The van der Waals surface area contributed by atoms with Gasteiger partial charge in [-0.3, -0.25) is 9.10 Å². The summed E-state index contributed by atoms with van der Waals surface area (Å²) >= 11 is 0. The van der Waals surface area contributed by atoms with Crippen molar-refractivity contribution in [3.05, 3.63) is 102 Å². The summed E-state index contributed by atoms with van der Waals surface area (Å²) in [5, 5.41) is 2.64. The number of hydrogen-bond acceptors (Lipinski definition) is 7. The Morgan fingerprint density at radius 2 is 1.51 bits per heavy atom. The van der Waals surface area contributed by atoms with Crippen molar-refractivity contribution in [2.45, 2.75) is 30.1 Å². The van der Waals surface area contributed by atoms with E-state index in [1.165, 1.54) is 42.6 Å². The average Bonchev–Trinajstić information content (AvgIpc) is 2.92. The lowest BCUT2D eigenvalue weighted by Gasteiger charge is -2.24.